The highest BCUT2D eigenvalue weighted by Crippen LogP contribution is 2.36. The lowest BCUT2D eigenvalue weighted by molar-refractivity contribution is -0.124. The fourth-order valence-electron chi connectivity index (χ4n) is 5.24. The summed E-state index contributed by atoms with van der Waals surface area (Å²) >= 11 is 0. The van der Waals surface area contributed by atoms with Crippen molar-refractivity contribution in [3.63, 3.8) is 0 Å². The molecule has 10 heteroatoms. The van der Waals surface area contributed by atoms with Crippen LogP contribution in [-0.4, -0.2) is 60.8 Å². The highest BCUT2D eigenvalue weighted by molar-refractivity contribution is 5.83. The normalized spacial score (nSPS) is 17.5. The van der Waals surface area contributed by atoms with E-state index in [1.807, 2.05) is 12.1 Å². The number of nitroso groups, excluding NO2 is 1. The molecule has 2 N–H and O–H groups in total. The van der Waals surface area contributed by atoms with Crippen molar-refractivity contribution >= 4 is 16.7 Å². The molecule has 3 aromatic carbocycles. The number of aryl methyl sites for hydroxylation is 1. The van der Waals surface area contributed by atoms with E-state index in [0.29, 0.717) is 13.0 Å². The minimum Gasteiger partial charge on any atom is -0.486 e. The summed E-state index contributed by atoms with van der Waals surface area (Å²) in [5.41, 5.74) is 1.13. The number of benzene rings is 3. The molecule has 3 unspecified atom stereocenters. The average molecular weight is 540 g/mol. The van der Waals surface area contributed by atoms with E-state index in [1.54, 1.807) is 12.1 Å². The largest absolute Gasteiger partial charge is 0.486 e. The van der Waals surface area contributed by atoms with E-state index in [-0.39, 0.29) is 42.5 Å². The third-order valence-electron chi connectivity index (χ3n) is 7.33. The van der Waals surface area contributed by atoms with Crippen molar-refractivity contribution in [2.45, 2.75) is 43.9 Å². The number of amides is 1. The van der Waals surface area contributed by atoms with Crippen LogP contribution in [0.15, 0.2) is 53.7 Å². The molecule has 3 atom stereocenters. The zero-order valence-corrected chi connectivity index (χ0v) is 21.4. The smallest absolute Gasteiger partial charge is 0.248 e. The number of carbonyl (C=O) groups excluding carboxylic acids is 1. The first kappa shape index (κ1) is 27.0. The molecule has 2 heterocycles. The minimum absolute atomic E-state index is 0.00127. The van der Waals surface area contributed by atoms with E-state index in [4.69, 9.17) is 9.47 Å². The van der Waals surface area contributed by atoms with Crippen molar-refractivity contribution in [1.29, 1.82) is 0 Å². The molecule has 8 nitrogen and oxygen atoms in total. The van der Waals surface area contributed by atoms with Gasteiger partial charge in [-0.15, -0.1) is 4.91 Å². The first-order valence-electron chi connectivity index (χ1n) is 13.2. The number of rotatable bonds is 10. The first-order chi connectivity index (χ1) is 18.9. The van der Waals surface area contributed by atoms with Crippen LogP contribution >= 0.6 is 0 Å². The number of hydrogen-bond acceptors (Lipinski definition) is 7. The molecule has 1 saturated heterocycles. The van der Waals surface area contributed by atoms with Crippen LogP contribution in [0.4, 0.5) is 8.78 Å². The molecule has 0 spiro atoms. The lowest BCUT2D eigenvalue weighted by Crippen LogP contribution is -2.49. The van der Waals surface area contributed by atoms with Crippen LogP contribution in [0, 0.1) is 16.5 Å². The second-order valence-corrected chi connectivity index (χ2v) is 10.1. The molecule has 0 aliphatic carbocycles. The SMILES string of the molecule is O=NC(CCc1ccc2cc(F)ccc2c1)C(=O)NC(CN1CCCC1)C(O)c1cc(F)c2c(c1)OCCO2. The van der Waals surface area contributed by atoms with Gasteiger partial charge in [0.15, 0.2) is 23.4 Å². The number of aliphatic hydroxyl groups excluding tert-OH is 1. The maximum absolute atomic E-state index is 14.7. The number of halogens is 2. The quantitative estimate of drug-likeness (QED) is 0.374. The molecule has 0 radical (unpaired) electrons. The molecule has 1 amide bonds. The molecular weight excluding hydrogens is 508 g/mol. The molecule has 0 saturated carbocycles. The number of nitrogens with one attached hydrogen (secondary N) is 1. The predicted octanol–water partition coefficient (Wildman–Crippen LogP) is 4.27. The topological polar surface area (TPSA) is 100 Å². The molecule has 206 valence electrons. The summed E-state index contributed by atoms with van der Waals surface area (Å²) in [6, 6.07) is 10.7. The van der Waals surface area contributed by atoms with Crippen molar-refractivity contribution in [3.8, 4) is 11.5 Å². The monoisotopic (exact) mass is 539 g/mol. The molecule has 1 fully saturated rings. The van der Waals surface area contributed by atoms with Gasteiger partial charge in [0.25, 0.3) is 0 Å². The average Bonchev–Trinajstić information content (AvgIpc) is 3.46. The second-order valence-electron chi connectivity index (χ2n) is 10.1. The summed E-state index contributed by atoms with van der Waals surface area (Å²) in [7, 11) is 0. The van der Waals surface area contributed by atoms with Crippen molar-refractivity contribution in [2.75, 3.05) is 32.8 Å². The fraction of sp³-hybridized carbons (Fsp3) is 0.414. The van der Waals surface area contributed by atoms with E-state index in [0.717, 1.165) is 42.3 Å². The van der Waals surface area contributed by atoms with Gasteiger partial charge in [-0.2, -0.15) is 0 Å². The van der Waals surface area contributed by atoms with Crippen LogP contribution in [0.25, 0.3) is 10.8 Å². The lowest BCUT2D eigenvalue weighted by atomic mass is 9.99. The Morgan fingerprint density at radius 3 is 2.56 bits per heavy atom. The van der Waals surface area contributed by atoms with E-state index < -0.39 is 29.9 Å². The maximum Gasteiger partial charge on any atom is 0.248 e. The number of aliphatic hydroxyl groups is 1. The van der Waals surface area contributed by atoms with Crippen molar-refractivity contribution < 1.29 is 28.2 Å². The molecular formula is C29H31F2N3O5. The van der Waals surface area contributed by atoms with Gasteiger partial charge in [0, 0.05) is 6.54 Å². The standard InChI is InChI=1S/C29H31F2N3O5/c30-22-7-6-19-13-18(3-5-20(19)14-22)4-8-24(33-37)29(36)32-25(17-34-9-1-2-10-34)27(35)21-15-23(31)28-26(16-21)38-11-12-39-28/h3,5-7,13-16,24-25,27,35H,1-2,4,8-12,17H2,(H,32,36). The fourth-order valence-corrected chi connectivity index (χ4v) is 5.24. The predicted molar refractivity (Wildman–Crippen MR) is 142 cm³/mol. The van der Waals surface area contributed by atoms with Crippen LogP contribution in [-0.2, 0) is 11.2 Å². The maximum atomic E-state index is 14.7. The van der Waals surface area contributed by atoms with Crippen LogP contribution in [0.1, 0.15) is 36.5 Å². The third kappa shape index (κ3) is 6.34. The number of fused-ring (bicyclic) bond motifs is 2. The zero-order chi connectivity index (χ0) is 27.4. The van der Waals surface area contributed by atoms with Crippen LogP contribution < -0.4 is 14.8 Å². The Morgan fingerprint density at radius 1 is 1.03 bits per heavy atom. The summed E-state index contributed by atoms with van der Waals surface area (Å²) in [6.07, 6.45) is 1.32. The number of nitrogens with zero attached hydrogens (tertiary/aromatic N) is 2. The van der Waals surface area contributed by atoms with Gasteiger partial charge in [0.2, 0.25) is 5.91 Å². The summed E-state index contributed by atoms with van der Waals surface area (Å²) < 4.78 is 39.0. The third-order valence-corrected chi connectivity index (χ3v) is 7.33. The van der Waals surface area contributed by atoms with Crippen LogP contribution in [0.5, 0.6) is 11.5 Å². The Bertz CT molecular complexity index is 1350. The number of carbonyl (C=O) groups is 1. The lowest BCUT2D eigenvalue weighted by Gasteiger charge is -2.30. The zero-order valence-electron chi connectivity index (χ0n) is 21.4. The number of ether oxygens (including phenoxy) is 2. The summed E-state index contributed by atoms with van der Waals surface area (Å²) in [4.78, 5) is 27.0. The van der Waals surface area contributed by atoms with Gasteiger partial charge < -0.3 is 24.8 Å². The Kier molecular flexibility index (Phi) is 8.33. The number of hydrogen-bond donors (Lipinski definition) is 2. The van der Waals surface area contributed by atoms with Crippen molar-refractivity contribution in [3.05, 3.63) is 76.2 Å². The Balaban J connectivity index is 1.29. The molecule has 2 aliphatic heterocycles. The Morgan fingerprint density at radius 2 is 1.77 bits per heavy atom. The van der Waals surface area contributed by atoms with Crippen LogP contribution in [0.2, 0.25) is 0 Å². The van der Waals surface area contributed by atoms with Gasteiger partial charge in [-0.05, 0) is 84.9 Å². The van der Waals surface area contributed by atoms with Gasteiger partial charge in [-0.25, -0.2) is 8.78 Å². The molecule has 2 aliphatic rings. The molecule has 5 rings (SSSR count). The molecule has 0 bridgehead atoms. The van der Waals surface area contributed by atoms with Crippen molar-refractivity contribution in [2.24, 2.45) is 5.18 Å². The van der Waals surface area contributed by atoms with Gasteiger partial charge >= 0.3 is 0 Å². The van der Waals surface area contributed by atoms with Crippen molar-refractivity contribution in [1.82, 2.24) is 10.2 Å². The molecule has 0 aromatic heterocycles. The van der Waals surface area contributed by atoms with Gasteiger partial charge in [0.05, 0.1) is 6.04 Å². The van der Waals surface area contributed by atoms with Gasteiger partial charge in [0.1, 0.15) is 25.1 Å². The number of likely N-dealkylation sites (tertiary alicyclic amines) is 1. The Labute approximate surface area is 224 Å². The molecule has 3 aromatic rings. The second kappa shape index (κ2) is 12.0. The molecule has 39 heavy (non-hydrogen) atoms. The van der Waals surface area contributed by atoms with E-state index >= 15 is 0 Å². The summed E-state index contributed by atoms with van der Waals surface area (Å²) in [5.74, 6) is -1.37. The highest BCUT2D eigenvalue weighted by Gasteiger charge is 2.31. The van der Waals surface area contributed by atoms with E-state index in [1.165, 1.54) is 24.3 Å². The highest BCUT2D eigenvalue weighted by atomic mass is 19.1. The Hall–Kier alpha value is -3.63. The summed E-state index contributed by atoms with van der Waals surface area (Å²) in [5, 5.41) is 18.7. The van der Waals surface area contributed by atoms with Gasteiger partial charge in [-0.3, -0.25) is 4.79 Å². The van der Waals surface area contributed by atoms with Crippen LogP contribution in [0.3, 0.4) is 0 Å². The summed E-state index contributed by atoms with van der Waals surface area (Å²) in [6.45, 7) is 2.46. The first-order valence-corrected chi connectivity index (χ1v) is 13.2. The van der Waals surface area contributed by atoms with E-state index in [9.17, 15) is 23.6 Å². The van der Waals surface area contributed by atoms with E-state index in [2.05, 4.69) is 15.4 Å². The van der Waals surface area contributed by atoms with Gasteiger partial charge in [-0.1, -0.05) is 29.4 Å². The minimum atomic E-state index is -1.26.